The van der Waals surface area contributed by atoms with E-state index in [0.717, 1.165) is 25.7 Å². The van der Waals surface area contributed by atoms with Gasteiger partial charge in [0.25, 0.3) is 0 Å². The predicted molar refractivity (Wildman–Crippen MR) is 132 cm³/mol. The monoisotopic (exact) mass is 503 g/mol. The number of hydrogen-bond donors (Lipinski definition) is 1. The first kappa shape index (κ1) is 25.6. The molecule has 0 bridgehead atoms. The number of sulfonamides is 1. The Labute approximate surface area is 206 Å². The van der Waals surface area contributed by atoms with Crippen LogP contribution in [0.1, 0.15) is 74.8 Å². The van der Waals surface area contributed by atoms with Gasteiger partial charge in [-0.1, -0.05) is 55.5 Å². The molecule has 7 nitrogen and oxygen atoms in total. The number of aromatic nitrogens is 1. The van der Waals surface area contributed by atoms with Crippen molar-refractivity contribution in [3.63, 3.8) is 0 Å². The maximum Gasteiger partial charge on any atom is 0.248 e. The first-order chi connectivity index (χ1) is 16.9. The normalized spacial score (nSPS) is 19.5. The Morgan fingerprint density at radius 1 is 1.06 bits per heavy atom. The van der Waals surface area contributed by atoms with Crippen molar-refractivity contribution in [2.75, 3.05) is 13.1 Å². The molecule has 4 rings (SSSR count). The standard InChI is InChI=1S/C26H34FN3O4S/c1-19-25(24(34-29-19)14-13-20-9-7-8-12-23(20)27)35(32,33)30-17-15-21(16-18-30)26(31)28-22-10-5-3-2-4-6-11-22/h7-9,12-14,21-22H,2-6,10-11,15-18H2,1H3,(H,28,31). The van der Waals surface area contributed by atoms with Crippen LogP contribution in [0, 0.1) is 18.7 Å². The van der Waals surface area contributed by atoms with Gasteiger partial charge in [0.2, 0.25) is 15.9 Å². The maximum absolute atomic E-state index is 14.0. The van der Waals surface area contributed by atoms with Gasteiger partial charge in [0, 0.05) is 30.6 Å². The molecule has 2 aromatic rings. The molecule has 1 aliphatic heterocycles. The third-order valence-electron chi connectivity index (χ3n) is 7.03. The molecule has 2 fully saturated rings. The van der Waals surface area contributed by atoms with Gasteiger partial charge in [-0.05, 0) is 50.8 Å². The number of piperidine rings is 1. The van der Waals surface area contributed by atoms with E-state index in [0.29, 0.717) is 18.4 Å². The largest absolute Gasteiger partial charge is 0.355 e. The van der Waals surface area contributed by atoms with Gasteiger partial charge in [-0.3, -0.25) is 4.79 Å². The number of hydrogen-bond acceptors (Lipinski definition) is 5. The molecule has 0 radical (unpaired) electrons. The van der Waals surface area contributed by atoms with Crippen molar-refractivity contribution in [1.29, 1.82) is 0 Å². The average Bonchev–Trinajstić information content (AvgIpc) is 3.21. The zero-order valence-corrected chi connectivity index (χ0v) is 21.0. The highest BCUT2D eigenvalue weighted by Crippen LogP contribution is 2.29. The van der Waals surface area contributed by atoms with Crippen LogP contribution in [0.25, 0.3) is 12.2 Å². The van der Waals surface area contributed by atoms with Gasteiger partial charge in [-0.25, -0.2) is 12.8 Å². The lowest BCUT2D eigenvalue weighted by molar-refractivity contribution is -0.127. The Morgan fingerprint density at radius 2 is 1.71 bits per heavy atom. The van der Waals surface area contributed by atoms with Crippen LogP contribution < -0.4 is 5.32 Å². The van der Waals surface area contributed by atoms with Gasteiger partial charge in [0.05, 0.1) is 0 Å². The molecule has 0 atom stereocenters. The predicted octanol–water partition coefficient (Wildman–Crippen LogP) is 4.92. The fourth-order valence-corrected chi connectivity index (χ4v) is 6.70. The summed E-state index contributed by atoms with van der Waals surface area (Å²) in [6, 6.07) is 6.44. The number of carbonyl (C=O) groups is 1. The number of rotatable bonds is 6. The minimum absolute atomic E-state index is 0.0116. The summed E-state index contributed by atoms with van der Waals surface area (Å²) in [5.74, 6) is -0.489. The topological polar surface area (TPSA) is 92.5 Å². The Bertz CT molecular complexity index is 1150. The van der Waals surface area contributed by atoms with Crippen molar-refractivity contribution in [3.8, 4) is 0 Å². The fourth-order valence-electron chi connectivity index (χ4n) is 4.98. The summed E-state index contributed by atoms with van der Waals surface area (Å²) in [4.78, 5) is 12.8. The third-order valence-corrected chi connectivity index (χ3v) is 9.08. The zero-order valence-electron chi connectivity index (χ0n) is 20.2. The molecular formula is C26H34FN3O4S. The summed E-state index contributed by atoms with van der Waals surface area (Å²) in [6.07, 6.45) is 11.9. The molecule has 1 aromatic carbocycles. The van der Waals surface area contributed by atoms with E-state index in [1.54, 1.807) is 25.1 Å². The van der Waals surface area contributed by atoms with E-state index in [-0.39, 0.29) is 47.3 Å². The van der Waals surface area contributed by atoms with Crippen molar-refractivity contribution in [2.24, 2.45) is 5.92 Å². The molecule has 0 spiro atoms. The Morgan fingerprint density at radius 3 is 2.40 bits per heavy atom. The highest BCUT2D eigenvalue weighted by molar-refractivity contribution is 7.89. The smallest absolute Gasteiger partial charge is 0.248 e. The number of nitrogens with one attached hydrogen (secondary N) is 1. The molecule has 1 aliphatic carbocycles. The first-order valence-corrected chi connectivity index (χ1v) is 14.0. The van der Waals surface area contributed by atoms with E-state index in [9.17, 15) is 17.6 Å². The Kier molecular flexibility index (Phi) is 8.38. The van der Waals surface area contributed by atoms with Crippen molar-refractivity contribution in [3.05, 3.63) is 47.1 Å². The van der Waals surface area contributed by atoms with Crippen molar-refractivity contribution >= 4 is 28.1 Å². The molecule has 9 heteroatoms. The molecule has 1 saturated carbocycles. The van der Waals surface area contributed by atoms with E-state index < -0.39 is 15.8 Å². The van der Waals surface area contributed by atoms with Gasteiger partial charge in [-0.2, -0.15) is 4.31 Å². The zero-order chi connectivity index (χ0) is 24.8. The molecule has 1 aromatic heterocycles. The van der Waals surface area contributed by atoms with Crippen LogP contribution in [0.4, 0.5) is 4.39 Å². The highest BCUT2D eigenvalue weighted by atomic mass is 32.2. The van der Waals surface area contributed by atoms with E-state index in [2.05, 4.69) is 10.5 Å². The molecule has 35 heavy (non-hydrogen) atoms. The van der Waals surface area contributed by atoms with Gasteiger partial charge < -0.3 is 9.84 Å². The summed E-state index contributed by atoms with van der Waals surface area (Å²) >= 11 is 0. The summed E-state index contributed by atoms with van der Waals surface area (Å²) in [6.45, 7) is 2.09. The van der Waals surface area contributed by atoms with E-state index in [1.165, 1.54) is 41.8 Å². The maximum atomic E-state index is 14.0. The van der Waals surface area contributed by atoms with Gasteiger partial charge in [0.1, 0.15) is 11.5 Å². The number of amides is 1. The number of carbonyl (C=O) groups excluding carboxylic acids is 1. The van der Waals surface area contributed by atoms with Gasteiger partial charge in [-0.15, -0.1) is 0 Å². The molecular weight excluding hydrogens is 469 g/mol. The number of halogens is 1. The minimum Gasteiger partial charge on any atom is -0.355 e. The SMILES string of the molecule is Cc1noc(C=Cc2ccccc2F)c1S(=O)(=O)N1CCC(C(=O)NC2CCCCCCC2)CC1. The van der Waals surface area contributed by atoms with Crippen LogP contribution in [0.3, 0.4) is 0 Å². The number of benzene rings is 1. The fraction of sp³-hybridized carbons (Fsp3) is 0.538. The van der Waals surface area contributed by atoms with Crippen molar-refractivity contribution in [1.82, 2.24) is 14.8 Å². The summed E-state index contributed by atoms with van der Waals surface area (Å²) in [5, 5.41) is 7.07. The quantitative estimate of drug-likeness (QED) is 0.604. The lowest BCUT2D eigenvalue weighted by atomic mass is 9.94. The van der Waals surface area contributed by atoms with Crippen LogP contribution in [-0.2, 0) is 14.8 Å². The van der Waals surface area contributed by atoms with Crippen LogP contribution in [0.15, 0.2) is 33.7 Å². The summed E-state index contributed by atoms with van der Waals surface area (Å²) < 4.78 is 47.5. The van der Waals surface area contributed by atoms with E-state index in [1.807, 2.05) is 0 Å². The molecule has 0 unspecified atom stereocenters. The number of aryl methyl sites for hydroxylation is 1. The van der Waals surface area contributed by atoms with E-state index in [4.69, 9.17) is 4.52 Å². The van der Waals surface area contributed by atoms with Gasteiger partial charge >= 0.3 is 0 Å². The molecule has 190 valence electrons. The molecule has 1 N–H and O–H groups in total. The van der Waals surface area contributed by atoms with Crippen molar-refractivity contribution in [2.45, 2.75) is 75.6 Å². The number of nitrogens with zero attached hydrogens (tertiary/aromatic N) is 2. The molecule has 2 aliphatic rings. The summed E-state index contributed by atoms with van der Waals surface area (Å²) in [7, 11) is -3.88. The molecule has 2 heterocycles. The summed E-state index contributed by atoms with van der Waals surface area (Å²) in [5.41, 5.74) is 0.573. The first-order valence-electron chi connectivity index (χ1n) is 12.6. The van der Waals surface area contributed by atoms with Gasteiger partial charge in [0.15, 0.2) is 10.7 Å². The lowest BCUT2D eigenvalue weighted by Gasteiger charge is -2.31. The van der Waals surface area contributed by atoms with E-state index >= 15 is 0 Å². The van der Waals surface area contributed by atoms with Crippen LogP contribution in [0.2, 0.25) is 0 Å². The van der Waals surface area contributed by atoms with Crippen LogP contribution in [-0.4, -0.2) is 42.9 Å². The minimum atomic E-state index is -3.88. The molecule has 1 saturated heterocycles. The molecule has 1 amide bonds. The Hall–Kier alpha value is -2.52. The van der Waals surface area contributed by atoms with Crippen molar-refractivity contribution < 1.29 is 22.1 Å². The highest BCUT2D eigenvalue weighted by Gasteiger charge is 2.36. The second-order valence-electron chi connectivity index (χ2n) is 9.55. The van der Waals surface area contributed by atoms with Crippen LogP contribution in [0.5, 0.6) is 0 Å². The lowest BCUT2D eigenvalue weighted by Crippen LogP contribution is -2.45. The Balaban J connectivity index is 1.40. The second kappa shape index (κ2) is 11.5. The third kappa shape index (κ3) is 6.19. The van der Waals surface area contributed by atoms with Crippen LogP contribution >= 0.6 is 0 Å². The second-order valence-corrected chi connectivity index (χ2v) is 11.4. The average molecular weight is 504 g/mol.